The first-order valence-electron chi connectivity index (χ1n) is 10.7. The summed E-state index contributed by atoms with van der Waals surface area (Å²) in [6, 6.07) is 16.2. The van der Waals surface area contributed by atoms with Crippen molar-refractivity contribution < 1.29 is 13.2 Å². The molecule has 1 heterocycles. The zero-order chi connectivity index (χ0) is 21.1. The molecule has 1 saturated carbocycles. The highest BCUT2D eigenvalue weighted by molar-refractivity contribution is 7.92. The number of anilines is 1. The highest BCUT2D eigenvalue weighted by Gasteiger charge is 2.66. The molecule has 2 aromatic rings. The number of nitrogens with zero attached hydrogens (tertiary/aromatic N) is 1. The highest BCUT2D eigenvalue weighted by atomic mass is 32.2. The van der Waals surface area contributed by atoms with Crippen molar-refractivity contribution in [1.82, 2.24) is 4.90 Å². The van der Waals surface area contributed by atoms with Crippen LogP contribution in [0.15, 0.2) is 48.5 Å². The maximum Gasteiger partial charge on any atom is 0.229 e. The lowest BCUT2D eigenvalue weighted by Gasteiger charge is -2.26. The summed E-state index contributed by atoms with van der Waals surface area (Å²) >= 11 is 0. The van der Waals surface area contributed by atoms with Gasteiger partial charge in [-0.2, -0.15) is 0 Å². The lowest BCUT2D eigenvalue weighted by Crippen LogP contribution is -2.35. The number of hydrogen-bond donors (Lipinski definition) is 1. The lowest BCUT2D eigenvalue weighted by atomic mass is 9.91. The second-order valence-electron chi connectivity index (χ2n) is 9.39. The molecule has 6 heteroatoms. The molecule has 1 saturated heterocycles. The molecule has 0 bridgehead atoms. The van der Waals surface area contributed by atoms with E-state index in [0.717, 1.165) is 31.5 Å². The van der Waals surface area contributed by atoms with E-state index in [9.17, 15) is 13.2 Å². The van der Waals surface area contributed by atoms with Gasteiger partial charge >= 0.3 is 0 Å². The van der Waals surface area contributed by atoms with Crippen LogP contribution in [0.2, 0.25) is 0 Å². The van der Waals surface area contributed by atoms with E-state index in [4.69, 9.17) is 0 Å². The van der Waals surface area contributed by atoms with Crippen molar-refractivity contribution in [2.45, 2.75) is 37.5 Å². The SMILES string of the molecule is CC1(c2cccc(NS(C)(=O)=O)c2)C2CN(C(=O)CC3CCc4ccccc43)CC21. The standard InChI is InChI=1S/C24H28N2O3S/c1-24(18-7-5-8-19(13-18)25-30(2,28)29)21-14-26(15-22(21)24)23(27)12-17-11-10-16-6-3-4-9-20(16)17/h3-9,13,17,21-22,25H,10-12,14-15H2,1-2H3. The predicted molar refractivity (Wildman–Crippen MR) is 118 cm³/mol. The van der Waals surface area contributed by atoms with Gasteiger partial charge in [-0.1, -0.05) is 43.3 Å². The average molecular weight is 425 g/mol. The number of aryl methyl sites for hydroxylation is 1. The first-order valence-corrected chi connectivity index (χ1v) is 12.6. The van der Waals surface area contributed by atoms with E-state index < -0.39 is 10.0 Å². The number of carbonyl (C=O) groups excluding carboxylic acids is 1. The van der Waals surface area contributed by atoms with Gasteiger partial charge in [0, 0.05) is 30.6 Å². The minimum atomic E-state index is -3.29. The van der Waals surface area contributed by atoms with E-state index >= 15 is 0 Å². The summed E-state index contributed by atoms with van der Waals surface area (Å²) in [5, 5.41) is 0. The molecule has 0 spiro atoms. The summed E-state index contributed by atoms with van der Waals surface area (Å²) in [4.78, 5) is 15.0. The minimum Gasteiger partial charge on any atom is -0.342 e. The third-order valence-corrected chi connectivity index (χ3v) is 8.18. The minimum absolute atomic E-state index is 0.0198. The maximum atomic E-state index is 13.0. The summed E-state index contributed by atoms with van der Waals surface area (Å²) < 4.78 is 25.7. The Bertz CT molecular complexity index is 1100. The third kappa shape index (κ3) is 3.31. The molecule has 3 aliphatic rings. The van der Waals surface area contributed by atoms with Crippen molar-refractivity contribution in [2.75, 3.05) is 24.1 Å². The van der Waals surface area contributed by atoms with Crippen molar-refractivity contribution in [3.63, 3.8) is 0 Å². The number of nitrogens with one attached hydrogen (secondary N) is 1. The summed E-state index contributed by atoms with van der Waals surface area (Å²) in [6.45, 7) is 3.85. The van der Waals surface area contributed by atoms with E-state index in [1.165, 1.54) is 17.4 Å². The molecule has 0 radical (unpaired) electrons. The van der Waals surface area contributed by atoms with Crippen LogP contribution in [-0.4, -0.2) is 38.6 Å². The molecule has 2 aliphatic carbocycles. The largest absolute Gasteiger partial charge is 0.342 e. The Morgan fingerprint density at radius 1 is 1.13 bits per heavy atom. The second-order valence-corrected chi connectivity index (χ2v) is 11.1. The van der Waals surface area contributed by atoms with E-state index in [0.29, 0.717) is 29.9 Å². The maximum absolute atomic E-state index is 13.0. The number of amides is 1. The molecule has 158 valence electrons. The summed E-state index contributed by atoms with van der Waals surface area (Å²) in [6.07, 6.45) is 3.93. The van der Waals surface area contributed by atoms with Gasteiger partial charge in [-0.25, -0.2) is 8.42 Å². The molecule has 30 heavy (non-hydrogen) atoms. The number of fused-ring (bicyclic) bond motifs is 2. The monoisotopic (exact) mass is 424 g/mol. The Morgan fingerprint density at radius 3 is 2.60 bits per heavy atom. The van der Waals surface area contributed by atoms with Crippen molar-refractivity contribution in [2.24, 2.45) is 11.8 Å². The fourth-order valence-corrected chi connectivity index (χ4v) is 6.40. The quantitative estimate of drug-likeness (QED) is 0.799. The first kappa shape index (κ1) is 19.6. The molecular weight excluding hydrogens is 396 g/mol. The van der Waals surface area contributed by atoms with Crippen LogP contribution in [0.5, 0.6) is 0 Å². The number of piperidine rings is 1. The van der Waals surface area contributed by atoms with Gasteiger partial charge < -0.3 is 4.90 Å². The molecule has 1 amide bonds. The van der Waals surface area contributed by atoms with E-state index in [-0.39, 0.29) is 11.3 Å². The number of carbonyl (C=O) groups is 1. The van der Waals surface area contributed by atoms with Gasteiger partial charge in [-0.3, -0.25) is 9.52 Å². The van der Waals surface area contributed by atoms with Crippen LogP contribution in [0.25, 0.3) is 0 Å². The van der Waals surface area contributed by atoms with E-state index in [1.807, 2.05) is 12.1 Å². The predicted octanol–water partition coefficient (Wildman–Crippen LogP) is 3.52. The highest BCUT2D eigenvalue weighted by Crippen LogP contribution is 2.63. The normalized spacial score (nSPS) is 29.4. The molecule has 5 nitrogen and oxygen atoms in total. The Morgan fingerprint density at radius 2 is 1.87 bits per heavy atom. The Hall–Kier alpha value is -2.34. The smallest absolute Gasteiger partial charge is 0.229 e. The van der Waals surface area contributed by atoms with Crippen molar-refractivity contribution in [1.29, 1.82) is 0 Å². The van der Waals surface area contributed by atoms with Crippen LogP contribution in [0, 0.1) is 11.8 Å². The van der Waals surface area contributed by atoms with Crippen LogP contribution in [0.4, 0.5) is 5.69 Å². The van der Waals surface area contributed by atoms with Gasteiger partial charge in [0.05, 0.1) is 6.26 Å². The molecule has 0 aromatic heterocycles. The fraction of sp³-hybridized carbons (Fsp3) is 0.458. The number of hydrogen-bond acceptors (Lipinski definition) is 3. The Kier molecular flexibility index (Phi) is 4.47. The molecule has 3 unspecified atom stereocenters. The van der Waals surface area contributed by atoms with E-state index in [1.54, 1.807) is 6.07 Å². The zero-order valence-corrected chi connectivity index (χ0v) is 18.3. The number of sulfonamides is 1. The van der Waals surface area contributed by atoms with Gasteiger partial charge in [0.2, 0.25) is 15.9 Å². The Balaban J connectivity index is 1.24. The van der Waals surface area contributed by atoms with Crippen LogP contribution in [-0.2, 0) is 26.7 Å². The molecule has 5 rings (SSSR count). The van der Waals surface area contributed by atoms with Crippen LogP contribution in [0.1, 0.15) is 42.4 Å². The molecule has 1 N–H and O–H groups in total. The van der Waals surface area contributed by atoms with Crippen molar-refractivity contribution in [3.8, 4) is 0 Å². The topological polar surface area (TPSA) is 66.5 Å². The van der Waals surface area contributed by atoms with E-state index in [2.05, 4.69) is 46.9 Å². The summed E-state index contributed by atoms with van der Waals surface area (Å²) in [5.74, 6) is 1.53. The van der Waals surface area contributed by atoms with Gasteiger partial charge in [0.25, 0.3) is 0 Å². The third-order valence-electron chi connectivity index (χ3n) is 7.57. The summed E-state index contributed by atoms with van der Waals surface area (Å²) in [5.41, 5.74) is 4.54. The van der Waals surface area contributed by atoms with Crippen molar-refractivity contribution >= 4 is 21.6 Å². The number of likely N-dealkylation sites (tertiary alicyclic amines) is 1. The van der Waals surface area contributed by atoms with Crippen LogP contribution < -0.4 is 4.72 Å². The van der Waals surface area contributed by atoms with Gasteiger partial charge in [-0.05, 0) is 59.4 Å². The zero-order valence-electron chi connectivity index (χ0n) is 17.5. The van der Waals surface area contributed by atoms with Gasteiger partial charge in [-0.15, -0.1) is 0 Å². The van der Waals surface area contributed by atoms with Crippen LogP contribution in [0.3, 0.4) is 0 Å². The average Bonchev–Trinajstić information content (AvgIpc) is 3.08. The molecule has 1 aliphatic heterocycles. The van der Waals surface area contributed by atoms with Crippen molar-refractivity contribution in [3.05, 3.63) is 65.2 Å². The number of benzene rings is 2. The van der Waals surface area contributed by atoms with Gasteiger partial charge in [0.1, 0.15) is 0 Å². The van der Waals surface area contributed by atoms with Gasteiger partial charge in [0.15, 0.2) is 0 Å². The molecule has 3 atom stereocenters. The number of rotatable bonds is 5. The summed E-state index contributed by atoms with van der Waals surface area (Å²) in [7, 11) is -3.29. The van der Waals surface area contributed by atoms with Crippen LogP contribution >= 0.6 is 0 Å². The lowest BCUT2D eigenvalue weighted by molar-refractivity contribution is -0.131. The Labute approximate surface area is 178 Å². The first-order chi connectivity index (χ1) is 14.3. The molecule has 2 fully saturated rings. The second kappa shape index (κ2) is 6.84. The molecular formula is C24H28N2O3S. The molecule has 2 aromatic carbocycles. The fourth-order valence-electron chi connectivity index (χ4n) is 5.84.